The smallest absolute Gasteiger partial charge is 0.256 e. The number of likely N-dealkylation sites (tertiary alicyclic amines) is 1. The molecule has 0 radical (unpaired) electrons. The number of rotatable bonds is 5. The molecule has 1 unspecified atom stereocenters. The average Bonchev–Trinajstić information content (AvgIpc) is 3.57. The van der Waals surface area contributed by atoms with E-state index in [1.165, 1.54) is 4.80 Å². The number of amides is 1. The lowest BCUT2D eigenvalue weighted by atomic mass is 9.96. The van der Waals surface area contributed by atoms with Gasteiger partial charge in [-0.15, -0.1) is 0 Å². The van der Waals surface area contributed by atoms with Gasteiger partial charge in [0.25, 0.3) is 5.91 Å². The van der Waals surface area contributed by atoms with Crippen LogP contribution in [0, 0.1) is 6.92 Å². The predicted octanol–water partition coefficient (Wildman–Crippen LogP) is 3.62. The van der Waals surface area contributed by atoms with E-state index in [4.69, 9.17) is 14.5 Å². The molecule has 170 valence electrons. The first-order chi connectivity index (χ1) is 15.9. The summed E-state index contributed by atoms with van der Waals surface area (Å²) in [5.74, 6) is 1.91. The highest BCUT2D eigenvalue weighted by molar-refractivity contribution is 5.98. The van der Waals surface area contributed by atoms with Crippen molar-refractivity contribution in [2.45, 2.75) is 32.2 Å². The van der Waals surface area contributed by atoms with Crippen molar-refractivity contribution in [3.8, 4) is 17.2 Å². The standard InChI is InChI=1S/C24H26N6O3/c1-15-6-7-16(19(12-15)30-25-9-10-26-30)22(31)29-11-5-8-24(29,2)23-27-17-13-20(32-3)21(33-4)14-18(17)28-23/h6-7,9-10,12-14H,5,8,11H2,1-4H3,(H,27,28). The molecule has 33 heavy (non-hydrogen) atoms. The van der Waals surface area contributed by atoms with Crippen LogP contribution in [-0.2, 0) is 5.54 Å². The van der Waals surface area contributed by atoms with Gasteiger partial charge in [-0.1, -0.05) is 6.07 Å². The Kier molecular flexibility index (Phi) is 5.03. The van der Waals surface area contributed by atoms with Crippen molar-refractivity contribution in [2.24, 2.45) is 0 Å². The third-order valence-electron chi connectivity index (χ3n) is 6.40. The first-order valence-electron chi connectivity index (χ1n) is 10.9. The fourth-order valence-electron chi connectivity index (χ4n) is 4.60. The van der Waals surface area contributed by atoms with Crippen molar-refractivity contribution >= 4 is 16.9 Å². The Morgan fingerprint density at radius 3 is 2.55 bits per heavy atom. The number of fused-ring (bicyclic) bond motifs is 1. The molecule has 9 nitrogen and oxygen atoms in total. The number of hydrogen-bond donors (Lipinski definition) is 1. The summed E-state index contributed by atoms with van der Waals surface area (Å²) in [6.07, 6.45) is 4.89. The lowest BCUT2D eigenvalue weighted by Gasteiger charge is -2.34. The van der Waals surface area contributed by atoms with Gasteiger partial charge in [0.2, 0.25) is 0 Å². The van der Waals surface area contributed by atoms with E-state index in [0.29, 0.717) is 29.3 Å². The molecule has 2 aromatic carbocycles. The molecule has 0 aliphatic carbocycles. The molecule has 2 aromatic heterocycles. The maximum atomic E-state index is 13.9. The zero-order valence-corrected chi connectivity index (χ0v) is 19.1. The number of hydrogen-bond acceptors (Lipinski definition) is 6. The molecule has 1 aliphatic rings. The van der Waals surface area contributed by atoms with Crippen molar-refractivity contribution in [2.75, 3.05) is 20.8 Å². The predicted molar refractivity (Wildman–Crippen MR) is 123 cm³/mol. The van der Waals surface area contributed by atoms with Crippen LogP contribution in [0.2, 0.25) is 0 Å². The van der Waals surface area contributed by atoms with Crippen LogP contribution < -0.4 is 9.47 Å². The Balaban J connectivity index is 1.56. The molecule has 1 atom stereocenters. The van der Waals surface area contributed by atoms with Gasteiger partial charge in [-0.3, -0.25) is 4.79 Å². The summed E-state index contributed by atoms with van der Waals surface area (Å²) < 4.78 is 10.9. The normalized spacial score (nSPS) is 18.1. The number of aryl methyl sites for hydroxylation is 1. The first-order valence-corrected chi connectivity index (χ1v) is 10.9. The van der Waals surface area contributed by atoms with Crippen LogP contribution in [0.15, 0.2) is 42.7 Å². The number of aromatic nitrogens is 5. The molecule has 3 heterocycles. The topological polar surface area (TPSA) is 98.2 Å². The van der Waals surface area contributed by atoms with Gasteiger partial charge < -0.3 is 19.4 Å². The average molecular weight is 447 g/mol. The second-order valence-electron chi connectivity index (χ2n) is 8.48. The van der Waals surface area contributed by atoms with Crippen LogP contribution in [0.5, 0.6) is 11.5 Å². The minimum absolute atomic E-state index is 0.0714. The number of methoxy groups -OCH3 is 2. The van der Waals surface area contributed by atoms with Crippen LogP contribution in [0.25, 0.3) is 16.7 Å². The second-order valence-corrected chi connectivity index (χ2v) is 8.48. The largest absolute Gasteiger partial charge is 0.493 e. The minimum atomic E-state index is -0.587. The summed E-state index contributed by atoms with van der Waals surface area (Å²) >= 11 is 0. The summed E-state index contributed by atoms with van der Waals surface area (Å²) in [7, 11) is 3.21. The van der Waals surface area contributed by atoms with Gasteiger partial charge in [0.15, 0.2) is 11.5 Å². The van der Waals surface area contributed by atoms with Crippen molar-refractivity contribution in [1.29, 1.82) is 0 Å². The van der Waals surface area contributed by atoms with Crippen LogP contribution in [-0.4, -0.2) is 56.5 Å². The highest BCUT2D eigenvalue weighted by Crippen LogP contribution is 2.40. The zero-order valence-electron chi connectivity index (χ0n) is 19.1. The van der Waals surface area contributed by atoms with Gasteiger partial charge in [0.05, 0.1) is 54.4 Å². The lowest BCUT2D eigenvalue weighted by molar-refractivity contribution is 0.0605. The summed E-state index contributed by atoms with van der Waals surface area (Å²) in [5.41, 5.74) is 3.27. The third-order valence-corrected chi connectivity index (χ3v) is 6.40. The van der Waals surface area contributed by atoms with Crippen LogP contribution in [0.4, 0.5) is 0 Å². The number of carbonyl (C=O) groups is 1. The molecular formula is C24H26N6O3. The molecule has 9 heteroatoms. The number of nitrogens with one attached hydrogen (secondary N) is 1. The van der Waals surface area contributed by atoms with E-state index in [9.17, 15) is 4.79 Å². The Hall–Kier alpha value is -3.88. The number of ether oxygens (including phenoxy) is 2. The molecule has 4 aromatic rings. The van der Waals surface area contributed by atoms with Crippen LogP contribution in [0.3, 0.4) is 0 Å². The fraction of sp³-hybridized carbons (Fsp3) is 0.333. The van der Waals surface area contributed by atoms with Gasteiger partial charge in [-0.05, 0) is 44.4 Å². The SMILES string of the molecule is COc1cc2nc(C3(C)CCCN3C(=O)c3ccc(C)cc3-n3nccn3)[nH]c2cc1OC. The minimum Gasteiger partial charge on any atom is -0.493 e. The molecule has 1 amide bonds. The summed E-state index contributed by atoms with van der Waals surface area (Å²) in [6, 6.07) is 9.44. The molecule has 0 saturated carbocycles. The highest BCUT2D eigenvalue weighted by Gasteiger charge is 2.44. The molecule has 1 fully saturated rings. The summed E-state index contributed by atoms with van der Waals surface area (Å²) in [6.45, 7) is 4.68. The van der Waals surface area contributed by atoms with Gasteiger partial charge in [0, 0.05) is 18.7 Å². The molecule has 5 rings (SSSR count). The van der Waals surface area contributed by atoms with E-state index >= 15 is 0 Å². The van der Waals surface area contributed by atoms with E-state index in [-0.39, 0.29) is 5.91 Å². The molecule has 1 aliphatic heterocycles. The Bertz CT molecular complexity index is 1290. The van der Waals surface area contributed by atoms with Gasteiger partial charge in [-0.2, -0.15) is 15.0 Å². The van der Waals surface area contributed by atoms with E-state index < -0.39 is 5.54 Å². The summed E-state index contributed by atoms with van der Waals surface area (Å²) in [4.78, 5) is 25.5. The number of imidazole rings is 1. The number of aromatic amines is 1. The quantitative estimate of drug-likeness (QED) is 0.503. The third kappa shape index (κ3) is 3.40. The highest BCUT2D eigenvalue weighted by atomic mass is 16.5. The van der Waals surface area contributed by atoms with Gasteiger partial charge in [-0.25, -0.2) is 4.98 Å². The number of carbonyl (C=O) groups excluding carboxylic acids is 1. The fourth-order valence-corrected chi connectivity index (χ4v) is 4.60. The van der Waals surface area contributed by atoms with E-state index in [2.05, 4.69) is 22.1 Å². The second kappa shape index (κ2) is 7.91. The Labute approximate surface area is 191 Å². The Morgan fingerprint density at radius 2 is 1.82 bits per heavy atom. The first kappa shape index (κ1) is 21.0. The van der Waals surface area contributed by atoms with E-state index in [1.807, 2.05) is 42.2 Å². The van der Waals surface area contributed by atoms with Gasteiger partial charge >= 0.3 is 0 Å². The number of benzene rings is 2. The lowest BCUT2D eigenvalue weighted by Crippen LogP contribution is -2.44. The Morgan fingerprint density at radius 1 is 1.09 bits per heavy atom. The van der Waals surface area contributed by atoms with E-state index in [1.54, 1.807) is 26.6 Å². The monoisotopic (exact) mass is 446 g/mol. The molecular weight excluding hydrogens is 420 g/mol. The summed E-state index contributed by atoms with van der Waals surface area (Å²) in [5, 5.41) is 8.49. The van der Waals surface area contributed by atoms with Crippen molar-refractivity contribution in [3.63, 3.8) is 0 Å². The van der Waals surface area contributed by atoms with E-state index in [0.717, 1.165) is 35.3 Å². The molecule has 1 saturated heterocycles. The molecule has 1 N–H and O–H groups in total. The maximum absolute atomic E-state index is 13.9. The maximum Gasteiger partial charge on any atom is 0.256 e. The molecule has 0 spiro atoms. The molecule has 0 bridgehead atoms. The van der Waals surface area contributed by atoms with Gasteiger partial charge in [0.1, 0.15) is 5.82 Å². The van der Waals surface area contributed by atoms with Crippen LogP contribution in [0.1, 0.15) is 41.5 Å². The number of nitrogens with zero attached hydrogens (tertiary/aromatic N) is 5. The van der Waals surface area contributed by atoms with Crippen molar-refractivity contribution in [3.05, 3.63) is 59.7 Å². The van der Waals surface area contributed by atoms with Crippen molar-refractivity contribution < 1.29 is 14.3 Å². The number of H-pyrrole nitrogens is 1. The zero-order chi connectivity index (χ0) is 23.2. The van der Waals surface area contributed by atoms with Crippen molar-refractivity contribution in [1.82, 2.24) is 29.9 Å². The van der Waals surface area contributed by atoms with Crippen LogP contribution >= 0.6 is 0 Å².